The first-order valence-corrected chi connectivity index (χ1v) is 10.6. The molecule has 1 aliphatic rings. The van der Waals surface area contributed by atoms with Crippen LogP contribution in [0.4, 0.5) is 25.1 Å². The Morgan fingerprint density at radius 2 is 1.91 bits per heavy atom. The van der Waals surface area contributed by atoms with Crippen molar-refractivity contribution in [2.45, 2.75) is 32.8 Å². The number of ether oxygens (including phenoxy) is 1. The number of nitrogens with zero attached hydrogens (tertiary/aromatic N) is 4. The molecule has 1 aliphatic heterocycles. The van der Waals surface area contributed by atoms with Gasteiger partial charge in [0.2, 0.25) is 11.9 Å². The van der Waals surface area contributed by atoms with Crippen LogP contribution in [0.15, 0.2) is 42.5 Å². The van der Waals surface area contributed by atoms with E-state index in [1.165, 1.54) is 18.2 Å². The number of para-hydroxylation sites is 1. The molecular weight excluding hydrogens is 449 g/mol. The monoisotopic (exact) mass is 472 g/mol. The lowest BCUT2D eigenvalue weighted by Crippen LogP contribution is -2.32. The van der Waals surface area contributed by atoms with Gasteiger partial charge in [0.1, 0.15) is 11.6 Å². The number of fused-ring (bicyclic) bond motifs is 1. The second-order valence-corrected chi connectivity index (χ2v) is 7.75. The van der Waals surface area contributed by atoms with Crippen LogP contribution >= 0.6 is 0 Å². The molecule has 0 unspecified atom stereocenters. The molecule has 178 valence electrons. The third-order valence-corrected chi connectivity index (χ3v) is 5.36. The van der Waals surface area contributed by atoms with Crippen molar-refractivity contribution < 1.29 is 22.7 Å². The van der Waals surface area contributed by atoms with Crippen molar-refractivity contribution in [1.29, 1.82) is 0 Å². The molecule has 3 aromatic rings. The highest BCUT2D eigenvalue weighted by Gasteiger charge is 2.32. The highest BCUT2D eigenvalue weighted by Crippen LogP contribution is 2.27. The molecule has 0 saturated heterocycles. The van der Waals surface area contributed by atoms with Gasteiger partial charge >= 0.3 is 6.36 Å². The molecule has 0 spiro atoms. The lowest BCUT2D eigenvalue weighted by atomic mass is 9.97. The molecule has 0 radical (unpaired) electrons. The Balaban J connectivity index is 1.43. The van der Waals surface area contributed by atoms with Crippen LogP contribution < -0.4 is 20.3 Å². The highest BCUT2D eigenvalue weighted by atomic mass is 19.4. The van der Waals surface area contributed by atoms with Crippen LogP contribution in [-0.4, -0.2) is 40.8 Å². The van der Waals surface area contributed by atoms with E-state index in [1.807, 2.05) is 19.1 Å². The number of carbonyl (C=O) groups excluding carboxylic acids is 1. The van der Waals surface area contributed by atoms with Crippen LogP contribution in [0.3, 0.4) is 0 Å². The summed E-state index contributed by atoms with van der Waals surface area (Å²) in [5.74, 6) is 0.996. The Hall–Kier alpha value is -3.89. The minimum Gasteiger partial charge on any atom is -0.405 e. The maximum atomic E-state index is 12.7. The molecule has 1 amide bonds. The van der Waals surface area contributed by atoms with Gasteiger partial charge in [-0.05, 0) is 42.7 Å². The molecule has 2 aromatic carbocycles. The molecule has 0 aliphatic carbocycles. The normalized spacial score (nSPS) is 13.3. The largest absolute Gasteiger partial charge is 0.573 e. The number of benzene rings is 2. The van der Waals surface area contributed by atoms with Gasteiger partial charge in [-0.3, -0.25) is 4.79 Å². The quantitative estimate of drug-likeness (QED) is 0.566. The molecule has 1 aromatic heterocycles. The van der Waals surface area contributed by atoms with E-state index in [0.717, 1.165) is 11.1 Å². The lowest BCUT2D eigenvalue weighted by molar-refractivity contribution is -0.274. The summed E-state index contributed by atoms with van der Waals surface area (Å²) in [5.41, 5.74) is 2.75. The number of hydrogen-bond donors (Lipinski definition) is 2. The van der Waals surface area contributed by atoms with Crippen molar-refractivity contribution in [3.63, 3.8) is 0 Å². The van der Waals surface area contributed by atoms with E-state index in [9.17, 15) is 18.0 Å². The molecule has 0 fully saturated rings. The van der Waals surface area contributed by atoms with Gasteiger partial charge in [-0.1, -0.05) is 24.3 Å². The molecule has 8 nitrogen and oxygen atoms in total. The number of anilines is 2. The van der Waals surface area contributed by atoms with Gasteiger partial charge in [0, 0.05) is 37.8 Å². The number of aromatic nitrogens is 3. The summed E-state index contributed by atoms with van der Waals surface area (Å²) in [5, 5.41) is 5.60. The average Bonchev–Trinajstić information content (AvgIpc) is 2.81. The number of halogens is 3. The highest BCUT2D eigenvalue weighted by molar-refractivity contribution is 5.94. The molecule has 0 saturated carbocycles. The van der Waals surface area contributed by atoms with E-state index in [1.54, 1.807) is 19.2 Å². The van der Waals surface area contributed by atoms with E-state index in [4.69, 9.17) is 0 Å². The second-order valence-electron chi connectivity index (χ2n) is 7.75. The minimum atomic E-state index is -4.80. The summed E-state index contributed by atoms with van der Waals surface area (Å²) in [4.78, 5) is 27.8. The molecule has 2 N–H and O–H groups in total. The van der Waals surface area contributed by atoms with Crippen molar-refractivity contribution >= 4 is 17.8 Å². The Morgan fingerprint density at radius 1 is 1.12 bits per heavy atom. The van der Waals surface area contributed by atoms with E-state index in [2.05, 4.69) is 35.2 Å². The van der Waals surface area contributed by atoms with Crippen LogP contribution in [0.2, 0.25) is 0 Å². The SMILES string of the molecule is CNc1nc(C)nc(N2CCc3cc(C(=O)NCc4ccccc4OC(F)(F)F)ccc3C2)n1. The zero-order valence-corrected chi connectivity index (χ0v) is 18.6. The molecule has 0 atom stereocenters. The number of carbonyl (C=O) groups is 1. The Morgan fingerprint density at radius 3 is 2.68 bits per heavy atom. The fourth-order valence-corrected chi connectivity index (χ4v) is 3.74. The molecule has 34 heavy (non-hydrogen) atoms. The third kappa shape index (κ3) is 5.53. The maximum Gasteiger partial charge on any atom is 0.573 e. The van der Waals surface area contributed by atoms with Gasteiger partial charge < -0.3 is 20.3 Å². The summed E-state index contributed by atoms with van der Waals surface area (Å²) in [7, 11) is 1.75. The van der Waals surface area contributed by atoms with Gasteiger partial charge in [0.25, 0.3) is 5.91 Å². The van der Waals surface area contributed by atoms with Crippen LogP contribution in [-0.2, 0) is 19.5 Å². The predicted molar refractivity (Wildman–Crippen MR) is 120 cm³/mol. The summed E-state index contributed by atoms with van der Waals surface area (Å²) in [6.07, 6.45) is -4.11. The van der Waals surface area contributed by atoms with Crippen molar-refractivity contribution in [3.8, 4) is 5.75 Å². The number of amides is 1. The van der Waals surface area contributed by atoms with Crippen molar-refractivity contribution in [2.24, 2.45) is 0 Å². The summed E-state index contributed by atoms with van der Waals surface area (Å²) < 4.78 is 41.9. The van der Waals surface area contributed by atoms with Gasteiger partial charge in [-0.2, -0.15) is 15.0 Å². The molecule has 2 heterocycles. The number of nitrogens with one attached hydrogen (secondary N) is 2. The van der Waals surface area contributed by atoms with Gasteiger partial charge in [0.15, 0.2) is 0 Å². The number of aryl methyl sites for hydroxylation is 1. The van der Waals surface area contributed by atoms with Gasteiger partial charge in [0.05, 0.1) is 0 Å². The Bertz CT molecular complexity index is 1200. The summed E-state index contributed by atoms with van der Waals surface area (Å²) in [6, 6.07) is 11.1. The van der Waals surface area contributed by atoms with Crippen LogP contribution in [0, 0.1) is 6.92 Å². The fraction of sp³-hybridized carbons (Fsp3) is 0.304. The molecule has 11 heteroatoms. The molecular formula is C23H23F3N6O2. The number of alkyl halides is 3. The van der Waals surface area contributed by atoms with E-state index >= 15 is 0 Å². The zero-order chi connectivity index (χ0) is 24.3. The molecule has 0 bridgehead atoms. The maximum absolute atomic E-state index is 12.7. The zero-order valence-electron chi connectivity index (χ0n) is 18.6. The smallest absolute Gasteiger partial charge is 0.405 e. The van der Waals surface area contributed by atoms with E-state index < -0.39 is 6.36 Å². The Labute approximate surface area is 194 Å². The van der Waals surface area contributed by atoms with Crippen molar-refractivity contribution in [1.82, 2.24) is 20.3 Å². The van der Waals surface area contributed by atoms with Gasteiger partial charge in [-0.25, -0.2) is 0 Å². The first kappa shape index (κ1) is 23.3. The average molecular weight is 472 g/mol. The van der Waals surface area contributed by atoms with Crippen LogP contribution in [0.1, 0.15) is 32.9 Å². The lowest BCUT2D eigenvalue weighted by Gasteiger charge is -2.29. The van der Waals surface area contributed by atoms with Gasteiger partial charge in [-0.15, -0.1) is 13.2 Å². The standard InChI is InChI=1S/C23H23F3N6O2/c1-14-29-21(27-2)31-22(30-14)32-10-9-15-11-16(7-8-18(15)13-32)20(33)28-12-17-5-3-4-6-19(17)34-23(24,25)26/h3-8,11H,9-10,12-13H2,1-2H3,(H,28,33)(H,27,29,30,31). The predicted octanol–water partition coefficient (Wildman–Crippen LogP) is 3.61. The topological polar surface area (TPSA) is 92.3 Å². The number of rotatable bonds is 6. The van der Waals surface area contributed by atoms with Crippen LogP contribution in [0.25, 0.3) is 0 Å². The van der Waals surface area contributed by atoms with Crippen LogP contribution in [0.5, 0.6) is 5.75 Å². The third-order valence-electron chi connectivity index (χ3n) is 5.36. The Kier molecular flexibility index (Phi) is 6.53. The summed E-state index contributed by atoms with van der Waals surface area (Å²) in [6.45, 7) is 2.98. The minimum absolute atomic E-state index is 0.0948. The number of hydrogen-bond acceptors (Lipinski definition) is 7. The first-order chi connectivity index (χ1) is 16.2. The van der Waals surface area contributed by atoms with Crippen molar-refractivity contribution in [3.05, 3.63) is 70.5 Å². The second kappa shape index (κ2) is 9.54. The first-order valence-electron chi connectivity index (χ1n) is 10.6. The van der Waals surface area contributed by atoms with Crippen molar-refractivity contribution in [2.75, 3.05) is 23.8 Å². The van der Waals surface area contributed by atoms with E-state index in [-0.39, 0.29) is 23.8 Å². The fourth-order valence-electron chi connectivity index (χ4n) is 3.74. The van der Waals surface area contributed by atoms with E-state index in [0.29, 0.717) is 42.8 Å². The molecule has 4 rings (SSSR count). The summed E-state index contributed by atoms with van der Waals surface area (Å²) >= 11 is 0.